The van der Waals surface area contributed by atoms with E-state index in [2.05, 4.69) is 5.32 Å². The average molecular weight is 298 g/mol. The molecule has 0 saturated carbocycles. The molecule has 0 amide bonds. The summed E-state index contributed by atoms with van der Waals surface area (Å²) in [5, 5.41) is 14.3. The number of ether oxygens (including phenoxy) is 2. The summed E-state index contributed by atoms with van der Waals surface area (Å²) in [4.78, 5) is 11.3. The Morgan fingerprint density at radius 1 is 1.09 bits per heavy atom. The number of aliphatic carboxylic acids is 1. The molecule has 5 nitrogen and oxygen atoms in total. The third kappa shape index (κ3) is 3.58. The van der Waals surface area contributed by atoms with E-state index in [1.165, 1.54) is 13.3 Å². The van der Waals surface area contributed by atoms with Crippen LogP contribution in [0.1, 0.15) is 5.56 Å². The van der Waals surface area contributed by atoms with Gasteiger partial charge >= 0.3 is 0 Å². The van der Waals surface area contributed by atoms with E-state index in [0.717, 1.165) is 0 Å². The Morgan fingerprint density at radius 2 is 1.82 bits per heavy atom. The highest BCUT2D eigenvalue weighted by molar-refractivity contribution is 6.14. The zero-order valence-electron chi connectivity index (χ0n) is 12.3. The predicted molar refractivity (Wildman–Crippen MR) is 82.6 cm³/mol. The maximum atomic E-state index is 11.3. The van der Waals surface area contributed by atoms with Gasteiger partial charge in [0, 0.05) is 17.8 Å². The molecule has 0 radical (unpaired) electrons. The molecule has 2 rings (SSSR count). The molecule has 114 valence electrons. The number of carbonyl (C=O) groups is 1. The Hall–Kier alpha value is -2.95. The second kappa shape index (κ2) is 7.17. The lowest BCUT2D eigenvalue weighted by molar-refractivity contribution is -0.295. The van der Waals surface area contributed by atoms with Crippen LogP contribution in [-0.4, -0.2) is 20.2 Å². The van der Waals surface area contributed by atoms with Crippen molar-refractivity contribution in [3.8, 4) is 11.5 Å². The van der Waals surface area contributed by atoms with Crippen molar-refractivity contribution >= 4 is 17.2 Å². The molecule has 0 aliphatic carbocycles. The van der Waals surface area contributed by atoms with Crippen molar-refractivity contribution in [1.82, 2.24) is 0 Å². The van der Waals surface area contributed by atoms with Gasteiger partial charge in [0.2, 0.25) is 0 Å². The molecule has 1 N–H and O–H groups in total. The van der Waals surface area contributed by atoms with Gasteiger partial charge in [-0.1, -0.05) is 30.3 Å². The van der Waals surface area contributed by atoms with Crippen LogP contribution in [0.2, 0.25) is 0 Å². The van der Waals surface area contributed by atoms with Gasteiger partial charge in [-0.25, -0.2) is 0 Å². The second-order valence-electron chi connectivity index (χ2n) is 4.42. The monoisotopic (exact) mass is 298 g/mol. The van der Waals surface area contributed by atoms with Gasteiger partial charge in [-0.2, -0.15) is 0 Å². The summed E-state index contributed by atoms with van der Waals surface area (Å²) in [7, 11) is 3.09. The molecule has 0 fully saturated rings. The highest BCUT2D eigenvalue weighted by atomic mass is 16.5. The summed E-state index contributed by atoms with van der Waals surface area (Å²) in [5.74, 6) is -0.0604. The summed E-state index contributed by atoms with van der Waals surface area (Å²) in [6.07, 6.45) is 1.38. The van der Waals surface area contributed by atoms with Gasteiger partial charge in [0.05, 0.1) is 25.9 Å². The van der Waals surface area contributed by atoms with Crippen LogP contribution >= 0.6 is 0 Å². The Morgan fingerprint density at radius 3 is 2.41 bits per heavy atom. The van der Waals surface area contributed by atoms with Gasteiger partial charge in [-0.15, -0.1) is 0 Å². The maximum absolute atomic E-state index is 11.3. The maximum Gasteiger partial charge on any atom is 0.142 e. The van der Waals surface area contributed by atoms with Gasteiger partial charge in [0.25, 0.3) is 0 Å². The van der Waals surface area contributed by atoms with Gasteiger partial charge in [0.15, 0.2) is 0 Å². The van der Waals surface area contributed by atoms with Crippen molar-refractivity contribution in [3.63, 3.8) is 0 Å². The predicted octanol–water partition coefficient (Wildman–Crippen LogP) is 1.91. The van der Waals surface area contributed by atoms with Crippen LogP contribution in [0.25, 0.3) is 5.57 Å². The molecule has 2 aromatic carbocycles. The van der Waals surface area contributed by atoms with E-state index in [4.69, 9.17) is 9.47 Å². The fourth-order valence-corrected chi connectivity index (χ4v) is 1.95. The minimum atomic E-state index is -1.26. The van der Waals surface area contributed by atoms with Crippen molar-refractivity contribution in [2.75, 3.05) is 19.5 Å². The number of hydrogen-bond donors (Lipinski definition) is 1. The minimum Gasteiger partial charge on any atom is -0.545 e. The number of nitrogens with one attached hydrogen (secondary N) is 1. The molecule has 22 heavy (non-hydrogen) atoms. The quantitative estimate of drug-likeness (QED) is 0.825. The third-order valence-electron chi connectivity index (χ3n) is 3.08. The van der Waals surface area contributed by atoms with E-state index in [-0.39, 0.29) is 5.57 Å². The molecule has 0 spiro atoms. The Balaban J connectivity index is 2.34. The molecule has 0 heterocycles. The lowest BCUT2D eigenvalue weighted by Gasteiger charge is -2.13. The SMILES string of the molecule is COc1ccc(OC)c(N/C=C(\C(=O)[O-])c2ccccc2)c1. The molecular formula is C17H16NO4-. The van der Waals surface area contributed by atoms with Crippen molar-refractivity contribution in [3.05, 3.63) is 60.3 Å². The molecule has 0 aliphatic rings. The number of carboxylic acids is 1. The highest BCUT2D eigenvalue weighted by Gasteiger charge is 2.06. The molecule has 0 atom stereocenters. The van der Waals surface area contributed by atoms with E-state index >= 15 is 0 Å². The Kier molecular flexibility index (Phi) is 5.03. The van der Waals surface area contributed by atoms with Crippen molar-refractivity contribution in [1.29, 1.82) is 0 Å². The summed E-state index contributed by atoms with van der Waals surface area (Å²) >= 11 is 0. The molecule has 0 unspecified atom stereocenters. The van der Waals surface area contributed by atoms with E-state index < -0.39 is 5.97 Å². The number of rotatable bonds is 6. The zero-order valence-corrected chi connectivity index (χ0v) is 12.3. The van der Waals surface area contributed by atoms with Crippen molar-refractivity contribution < 1.29 is 19.4 Å². The van der Waals surface area contributed by atoms with Crippen LogP contribution in [0.5, 0.6) is 11.5 Å². The smallest absolute Gasteiger partial charge is 0.142 e. The zero-order chi connectivity index (χ0) is 15.9. The Bertz CT molecular complexity index is 680. The Labute approximate surface area is 128 Å². The van der Waals surface area contributed by atoms with E-state index in [0.29, 0.717) is 22.7 Å². The normalized spacial score (nSPS) is 10.9. The first-order valence-electron chi connectivity index (χ1n) is 6.61. The van der Waals surface area contributed by atoms with Crippen molar-refractivity contribution in [2.24, 2.45) is 0 Å². The van der Waals surface area contributed by atoms with E-state index in [1.807, 2.05) is 6.07 Å². The molecule has 0 bridgehead atoms. The van der Waals surface area contributed by atoms with Crippen LogP contribution in [0, 0.1) is 0 Å². The molecule has 0 aromatic heterocycles. The lowest BCUT2D eigenvalue weighted by Crippen LogP contribution is -2.24. The number of carbonyl (C=O) groups excluding carboxylic acids is 1. The third-order valence-corrected chi connectivity index (χ3v) is 3.08. The number of carboxylic acid groups (broad SMARTS) is 1. The largest absolute Gasteiger partial charge is 0.545 e. The number of hydrogen-bond acceptors (Lipinski definition) is 5. The fourth-order valence-electron chi connectivity index (χ4n) is 1.95. The average Bonchev–Trinajstić information content (AvgIpc) is 2.55. The number of benzene rings is 2. The first kappa shape index (κ1) is 15.4. The van der Waals surface area contributed by atoms with Crippen LogP contribution in [0.15, 0.2) is 54.7 Å². The standard InChI is InChI=1S/C17H17NO4/c1-21-13-8-9-16(22-2)15(10-13)18-11-14(17(19)20)12-6-4-3-5-7-12/h3-11,18H,1-2H3,(H,19,20)/p-1/b14-11-. The fraction of sp³-hybridized carbons (Fsp3) is 0.118. The highest BCUT2D eigenvalue weighted by Crippen LogP contribution is 2.29. The van der Waals surface area contributed by atoms with Crippen LogP contribution in [0.4, 0.5) is 5.69 Å². The topological polar surface area (TPSA) is 70.6 Å². The summed E-state index contributed by atoms with van der Waals surface area (Å²) in [6, 6.07) is 13.9. The molecule has 0 aliphatic heterocycles. The summed E-state index contributed by atoms with van der Waals surface area (Å²) in [6.45, 7) is 0. The van der Waals surface area contributed by atoms with Crippen molar-refractivity contribution in [2.45, 2.75) is 0 Å². The molecule has 5 heteroatoms. The second-order valence-corrected chi connectivity index (χ2v) is 4.42. The number of anilines is 1. The van der Waals surface area contributed by atoms with Gasteiger partial charge < -0.3 is 24.7 Å². The number of methoxy groups -OCH3 is 2. The molecule has 0 saturated heterocycles. The van der Waals surface area contributed by atoms with Crippen LogP contribution < -0.4 is 19.9 Å². The van der Waals surface area contributed by atoms with E-state index in [9.17, 15) is 9.90 Å². The summed E-state index contributed by atoms with van der Waals surface area (Å²) in [5.41, 5.74) is 1.19. The first-order valence-corrected chi connectivity index (χ1v) is 6.61. The molecule has 2 aromatic rings. The minimum absolute atomic E-state index is 0.0467. The van der Waals surface area contributed by atoms with Gasteiger partial charge in [-0.3, -0.25) is 0 Å². The van der Waals surface area contributed by atoms with Gasteiger partial charge in [0.1, 0.15) is 11.5 Å². The lowest BCUT2D eigenvalue weighted by atomic mass is 10.1. The first-order chi connectivity index (χ1) is 10.7. The summed E-state index contributed by atoms with van der Waals surface area (Å²) < 4.78 is 10.4. The van der Waals surface area contributed by atoms with Crippen LogP contribution in [-0.2, 0) is 4.79 Å². The molecular weight excluding hydrogens is 282 g/mol. The van der Waals surface area contributed by atoms with Gasteiger partial charge in [-0.05, 0) is 17.7 Å². The van der Waals surface area contributed by atoms with E-state index in [1.54, 1.807) is 49.6 Å². The van der Waals surface area contributed by atoms with Crippen LogP contribution in [0.3, 0.4) is 0 Å².